The molecule has 1 aromatic rings. The van der Waals surface area contributed by atoms with E-state index in [0.29, 0.717) is 36.1 Å². The lowest BCUT2D eigenvalue weighted by molar-refractivity contribution is -0.137. The number of hydrogen-bond donors (Lipinski definition) is 3. The zero-order chi connectivity index (χ0) is 21.5. The van der Waals surface area contributed by atoms with Crippen LogP contribution in [0, 0.1) is 17.8 Å². The van der Waals surface area contributed by atoms with Gasteiger partial charge in [0.15, 0.2) is 0 Å². The van der Waals surface area contributed by atoms with Gasteiger partial charge >= 0.3 is 5.97 Å². The van der Waals surface area contributed by atoms with E-state index in [1.807, 2.05) is 6.08 Å². The molecule has 0 bridgehead atoms. The fraction of sp³-hybridized carbons (Fsp3) is 0.609. The third-order valence-corrected chi connectivity index (χ3v) is 6.35. The number of aliphatic hydroxyl groups excluding tert-OH is 2. The van der Waals surface area contributed by atoms with E-state index < -0.39 is 18.2 Å². The van der Waals surface area contributed by atoms with Crippen LogP contribution in [0.1, 0.15) is 38.5 Å². The van der Waals surface area contributed by atoms with Crippen LogP contribution in [0.4, 0.5) is 0 Å². The van der Waals surface area contributed by atoms with Crippen LogP contribution in [-0.2, 0) is 9.53 Å². The Morgan fingerprint density at radius 2 is 2.20 bits per heavy atom. The summed E-state index contributed by atoms with van der Waals surface area (Å²) in [5, 5.41) is 30.2. The van der Waals surface area contributed by atoms with Crippen molar-refractivity contribution in [3.63, 3.8) is 0 Å². The van der Waals surface area contributed by atoms with Crippen LogP contribution in [0.2, 0.25) is 5.02 Å². The second-order valence-electron chi connectivity index (χ2n) is 8.37. The molecule has 0 spiro atoms. The molecule has 0 amide bonds. The Kier molecular flexibility index (Phi) is 8.57. The average Bonchev–Trinajstić information content (AvgIpc) is 2.86. The smallest absolute Gasteiger partial charge is 0.303 e. The lowest BCUT2D eigenvalue weighted by Crippen LogP contribution is -2.22. The normalized spacial score (nSPS) is 30.0. The van der Waals surface area contributed by atoms with Gasteiger partial charge in [-0.05, 0) is 55.7 Å². The summed E-state index contributed by atoms with van der Waals surface area (Å²) in [6.45, 7) is 0.732. The number of carbonyl (C=O) groups is 1. The highest BCUT2D eigenvalue weighted by Gasteiger charge is 2.43. The van der Waals surface area contributed by atoms with Crippen molar-refractivity contribution in [2.75, 3.05) is 13.2 Å². The summed E-state index contributed by atoms with van der Waals surface area (Å²) in [4.78, 5) is 10.7. The van der Waals surface area contributed by atoms with Gasteiger partial charge in [0.1, 0.15) is 18.5 Å². The van der Waals surface area contributed by atoms with Crippen molar-refractivity contribution < 1.29 is 29.6 Å². The maximum absolute atomic E-state index is 10.7. The van der Waals surface area contributed by atoms with E-state index in [0.717, 1.165) is 19.3 Å². The number of carboxylic acids is 1. The zero-order valence-corrected chi connectivity index (χ0v) is 17.8. The molecule has 1 aromatic carbocycles. The maximum Gasteiger partial charge on any atom is 0.303 e. The molecule has 1 heterocycles. The van der Waals surface area contributed by atoms with E-state index in [9.17, 15) is 15.0 Å². The summed E-state index contributed by atoms with van der Waals surface area (Å²) in [5.74, 6) is 0.360. The van der Waals surface area contributed by atoms with Crippen LogP contribution in [0.25, 0.3) is 0 Å². The topological polar surface area (TPSA) is 96.2 Å². The summed E-state index contributed by atoms with van der Waals surface area (Å²) >= 11 is 5.93. The van der Waals surface area contributed by atoms with Gasteiger partial charge < -0.3 is 24.8 Å². The summed E-state index contributed by atoms with van der Waals surface area (Å²) in [6.07, 6.45) is 6.55. The van der Waals surface area contributed by atoms with Gasteiger partial charge in [-0.1, -0.05) is 29.8 Å². The first-order chi connectivity index (χ1) is 14.4. The van der Waals surface area contributed by atoms with Crippen molar-refractivity contribution in [3.8, 4) is 5.75 Å². The Hall–Kier alpha value is -1.60. The molecule has 2 fully saturated rings. The Morgan fingerprint density at radius 1 is 1.37 bits per heavy atom. The lowest BCUT2D eigenvalue weighted by Gasteiger charge is -2.21. The van der Waals surface area contributed by atoms with Gasteiger partial charge in [0.2, 0.25) is 0 Å². The number of aliphatic hydroxyl groups is 2. The summed E-state index contributed by atoms with van der Waals surface area (Å²) in [5.41, 5.74) is 0. The van der Waals surface area contributed by atoms with Crippen LogP contribution in [0.5, 0.6) is 5.75 Å². The number of benzene rings is 1. The number of carboxylic acid groups (broad SMARTS) is 1. The molecule has 0 aromatic heterocycles. The van der Waals surface area contributed by atoms with E-state index in [1.165, 1.54) is 0 Å². The molecule has 1 aliphatic heterocycles. The largest absolute Gasteiger partial charge is 0.491 e. The highest BCUT2D eigenvalue weighted by atomic mass is 35.5. The number of hydrogen-bond acceptors (Lipinski definition) is 5. The summed E-state index contributed by atoms with van der Waals surface area (Å²) < 4.78 is 11.7. The van der Waals surface area contributed by atoms with Crippen LogP contribution < -0.4 is 4.74 Å². The third-order valence-electron chi connectivity index (χ3n) is 6.12. The highest BCUT2D eigenvalue weighted by Crippen LogP contribution is 2.42. The molecule has 1 aliphatic carbocycles. The Morgan fingerprint density at radius 3 is 2.97 bits per heavy atom. The SMILES string of the molecule is O=C(O)CCC[C@@H]1CC[C@@H]2[C@@H](/C=C/[C@@H](O)COc3cccc(Cl)c3)[C@H](O)C[C@@H]2OC1. The average molecular weight is 439 g/mol. The Bertz CT molecular complexity index is 723. The molecule has 0 unspecified atom stereocenters. The van der Waals surface area contributed by atoms with Gasteiger partial charge in [0.05, 0.1) is 12.2 Å². The van der Waals surface area contributed by atoms with Crippen LogP contribution in [0.15, 0.2) is 36.4 Å². The molecule has 1 saturated carbocycles. The van der Waals surface area contributed by atoms with Gasteiger partial charge in [-0.15, -0.1) is 0 Å². The lowest BCUT2D eigenvalue weighted by atomic mass is 9.86. The van der Waals surface area contributed by atoms with E-state index in [1.54, 1.807) is 30.3 Å². The number of aliphatic carboxylic acids is 1. The van der Waals surface area contributed by atoms with Crippen molar-refractivity contribution in [2.45, 2.75) is 56.8 Å². The van der Waals surface area contributed by atoms with Crippen LogP contribution in [-0.4, -0.2) is 52.8 Å². The Labute approximate surface area is 182 Å². The number of fused-ring (bicyclic) bond motifs is 1. The maximum atomic E-state index is 10.7. The van der Waals surface area contributed by atoms with Crippen molar-refractivity contribution in [1.29, 1.82) is 0 Å². The first-order valence-corrected chi connectivity index (χ1v) is 11.1. The van der Waals surface area contributed by atoms with E-state index in [-0.39, 0.29) is 31.0 Å². The molecule has 3 rings (SSSR count). The molecule has 7 heteroatoms. The first-order valence-electron chi connectivity index (χ1n) is 10.7. The molecule has 30 heavy (non-hydrogen) atoms. The van der Waals surface area contributed by atoms with E-state index in [4.69, 9.17) is 26.2 Å². The van der Waals surface area contributed by atoms with E-state index in [2.05, 4.69) is 0 Å². The molecule has 0 radical (unpaired) electrons. The minimum atomic E-state index is -0.786. The predicted octanol–water partition coefficient (Wildman–Crippen LogP) is 3.68. The Balaban J connectivity index is 1.49. The molecule has 3 N–H and O–H groups in total. The van der Waals surface area contributed by atoms with Crippen LogP contribution in [0.3, 0.4) is 0 Å². The summed E-state index contributed by atoms with van der Waals surface area (Å²) in [6, 6.07) is 7.02. The third kappa shape index (κ3) is 6.71. The van der Waals surface area contributed by atoms with Crippen molar-refractivity contribution in [2.24, 2.45) is 17.8 Å². The molecular weight excluding hydrogens is 408 g/mol. The van der Waals surface area contributed by atoms with Gasteiger partial charge in [-0.25, -0.2) is 0 Å². The fourth-order valence-electron chi connectivity index (χ4n) is 4.54. The monoisotopic (exact) mass is 438 g/mol. The predicted molar refractivity (Wildman–Crippen MR) is 114 cm³/mol. The standard InChI is InChI=1S/C23H31ClO6/c24-16-4-2-5-18(11-16)29-14-17(25)8-10-19-20-9-7-15(3-1-6-23(27)28)13-30-22(20)12-21(19)26/h2,4-5,8,10-11,15,17,19-22,25-26H,1,3,6-7,9,12-14H2,(H,27,28)/b10-8+/t15-,17-,19-,20-,21-,22+/m1/s1. The first kappa shape index (κ1) is 23.1. The van der Waals surface area contributed by atoms with Crippen molar-refractivity contribution in [3.05, 3.63) is 41.4 Å². The van der Waals surface area contributed by atoms with Gasteiger partial charge in [-0.2, -0.15) is 0 Å². The van der Waals surface area contributed by atoms with Gasteiger partial charge in [-0.3, -0.25) is 4.79 Å². The van der Waals surface area contributed by atoms with Gasteiger partial charge in [0, 0.05) is 30.4 Å². The minimum Gasteiger partial charge on any atom is -0.491 e. The number of ether oxygens (including phenoxy) is 2. The minimum absolute atomic E-state index is 0.0129. The summed E-state index contributed by atoms with van der Waals surface area (Å²) in [7, 11) is 0. The van der Waals surface area contributed by atoms with Crippen molar-refractivity contribution >= 4 is 17.6 Å². The van der Waals surface area contributed by atoms with E-state index >= 15 is 0 Å². The molecule has 6 nitrogen and oxygen atoms in total. The molecule has 166 valence electrons. The van der Waals surface area contributed by atoms with Gasteiger partial charge in [0.25, 0.3) is 0 Å². The second kappa shape index (κ2) is 11.1. The quantitative estimate of drug-likeness (QED) is 0.509. The van der Waals surface area contributed by atoms with Crippen LogP contribution >= 0.6 is 11.6 Å². The van der Waals surface area contributed by atoms with Crippen molar-refractivity contribution in [1.82, 2.24) is 0 Å². The zero-order valence-electron chi connectivity index (χ0n) is 17.0. The molecule has 2 aliphatic rings. The highest BCUT2D eigenvalue weighted by molar-refractivity contribution is 6.30. The molecular formula is C23H31ClO6. The number of rotatable bonds is 9. The molecule has 1 saturated heterocycles. The fourth-order valence-corrected chi connectivity index (χ4v) is 4.72. The second-order valence-corrected chi connectivity index (χ2v) is 8.80. The molecule has 6 atom stereocenters. The number of halogens is 1.